The third-order valence-electron chi connectivity index (χ3n) is 7.12. The van der Waals surface area contributed by atoms with Crippen molar-refractivity contribution in [3.05, 3.63) is 29.8 Å². The lowest BCUT2D eigenvalue weighted by Crippen LogP contribution is -2.31. The molecule has 2 aliphatic carbocycles. The van der Waals surface area contributed by atoms with Gasteiger partial charge in [0.05, 0.1) is 6.61 Å². The lowest BCUT2D eigenvalue weighted by atomic mass is 9.64. The van der Waals surface area contributed by atoms with Gasteiger partial charge in [0.1, 0.15) is 5.75 Å². The largest absolute Gasteiger partial charge is 0.494 e. The highest BCUT2D eigenvalue weighted by Crippen LogP contribution is 2.46. The molecule has 0 N–H and O–H groups in total. The van der Waals surface area contributed by atoms with Gasteiger partial charge in [-0.3, -0.25) is 0 Å². The normalized spacial score (nSPS) is 33.2. The SMILES string of the molecule is CCCOc1ccc(C2CCC(C3CCC(CC)CC3C)CC2)cc1. The van der Waals surface area contributed by atoms with Crippen LogP contribution in [-0.2, 0) is 0 Å². The quantitative estimate of drug-likeness (QED) is 0.530. The van der Waals surface area contributed by atoms with Gasteiger partial charge in [0.2, 0.25) is 0 Å². The Bertz CT molecular complexity index is 497. The summed E-state index contributed by atoms with van der Waals surface area (Å²) in [4.78, 5) is 0. The lowest BCUT2D eigenvalue weighted by Gasteiger charge is -2.41. The lowest BCUT2D eigenvalue weighted by molar-refractivity contribution is 0.104. The molecule has 25 heavy (non-hydrogen) atoms. The number of ether oxygens (including phenoxy) is 1. The average Bonchev–Trinajstić information content (AvgIpc) is 2.67. The maximum atomic E-state index is 5.72. The fourth-order valence-corrected chi connectivity index (χ4v) is 5.54. The van der Waals surface area contributed by atoms with Gasteiger partial charge in [-0.05, 0) is 92.2 Å². The average molecular weight is 343 g/mol. The molecule has 2 saturated carbocycles. The van der Waals surface area contributed by atoms with Crippen LogP contribution in [0, 0.1) is 23.7 Å². The van der Waals surface area contributed by atoms with Crippen LogP contribution >= 0.6 is 0 Å². The van der Waals surface area contributed by atoms with Crippen molar-refractivity contribution in [3.8, 4) is 5.75 Å². The maximum absolute atomic E-state index is 5.72. The molecule has 2 aliphatic rings. The molecule has 0 radical (unpaired) electrons. The zero-order valence-electron chi connectivity index (χ0n) is 16.7. The van der Waals surface area contributed by atoms with Gasteiger partial charge in [-0.2, -0.15) is 0 Å². The highest BCUT2D eigenvalue weighted by Gasteiger charge is 2.34. The molecule has 0 amide bonds. The molecule has 0 spiro atoms. The van der Waals surface area contributed by atoms with Crippen molar-refractivity contribution in [2.75, 3.05) is 6.61 Å². The van der Waals surface area contributed by atoms with Gasteiger partial charge >= 0.3 is 0 Å². The van der Waals surface area contributed by atoms with E-state index in [1.165, 1.54) is 56.9 Å². The zero-order chi connectivity index (χ0) is 17.6. The molecule has 3 rings (SSSR count). The smallest absolute Gasteiger partial charge is 0.119 e. The van der Waals surface area contributed by atoms with Crippen molar-refractivity contribution >= 4 is 0 Å². The second-order valence-corrected chi connectivity index (χ2v) is 8.76. The molecule has 0 saturated heterocycles. The molecule has 140 valence electrons. The van der Waals surface area contributed by atoms with Crippen LogP contribution in [0.3, 0.4) is 0 Å². The van der Waals surface area contributed by atoms with E-state index in [-0.39, 0.29) is 0 Å². The van der Waals surface area contributed by atoms with Crippen molar-refractivity contribution < 1.29 is 4.74 Å². The molecule has 1 aromatic carbocycles. The number of benzene rings is 1. The molecule has 0 heterocycles. The first-order chi connectivity index (χ1) is 12.2. The van der Waals surface area contributed by atoms with E-state index in [9.17, 15) is 0 Å². The van der Waals surface area contributed by atoms with E-state index in [1.54, 1.807) is 0 Å². The van der Waals surface area contributed by atoms with Crippen molar-refractivity contribution in [2.45, 2.75) is 84.5 Å². The van der Waals surface area contributed by atoms with E-state index < -0.39 is 0 Å². The highest BCUT2D eigenvalue weighted by atomic mass is 16.5. The summed E-state index contributed by atoms with van der Waals surface area (Å²) in [6.07, 6.45) is 12.6. The summed E-state index contributed by atoms with van der Waals surface area (Å²) in [6, 6.07) is 8.96. The Labute approximate surface area is 155 Å². The summed E-state index contributed by atoms with van der Waals surface area (Å²) >= 11 is 0. The van der Waals surface area contributed by atoms with Crippen LogP contribution in [0.4, 0.5) is 0 Å². The van der Waals surface area contributed by atoms with Crippen LogP contribution in [-0.4, -0.2) is 6.61 Å². The number of hydrogen-bond donors (Lipinski definition) is 0. The monoisotopic (exact) mass is 342 g/mol. The molecule has 1 heteroatoms. The van der Waals surface area contributed by atoms with Crippen LogP contribution in [0.2, 0.25) is 0 Å². The second kappa shape index (κ2) is 9.10. The van der Waals surface area contributed by atoms with Crippen LogP contribution in [0.25, 0.3) is 0 Å². The molecule has 0 aliphatic heterocycles. The third kappa shape index (κ3) is 4.80. The highest BCUT2D eigenvalue weighted by molar-refractivity contribution is 5.29. The number of hydrogen-bond acceptors (Lipinski definition) is 1. The fourth-order valence-electron chi connectivity index (χ4n) is 5.54. The Balaban J connectivity index is 1.50. The maximum Gasteiger partial charge on any atom is 0.119 e. The Hall–Kier alpha value is -0.980. The third-order valence-corrected chi connectivity index (χ3v) is 7.12. The summed E-state index contributed by atoms with van der Waals surface area (Å²) in [5.74, 6) is 5.77. The van der Waals surface area contributed by atoms with Crippen LogP contribution in [0.5, 0.6) is 5.75 Å². The minimum Gasteiger partial charge on any atom is -0.494 e. The van der Waals surface area contributed by atoms with Crippen molar-refractivity contribution in [1.82, 2.24) is 0 Å². The van der Waals surface area contributed by atoms with Gasteiger partial charge in [0, 0.05) is 0 Å². The Morgan fingerprint density at radius 2 is 1.64 bits per heavy atom. The summed E-state index contributed by atoms with van der Waals surface area (Å²) in [7, 11) is 0. The molecule has 1 nitrogen and oxygen atoms in total. The molecule has 0 aromatic heterocycles. The first-order valence-corrected chi connectivity index (χ1v) is 10.9. The molecule has 0 bridgehead atoms. The van der Waals surface area contributed by atoms with Crippen LogP contribution in [0.15, 0.2) is 24.3 Å². The van der Waals surface area contributed by atoms with Gasteiger partial charge in [0.15, 0.2) is 0 Å². The Morgan fingerprint density at radius 1 is 0.920 bits per heavy atom. The molecular weight excluding hydrogens is 304 g/mol. The van der Waals surface area contributed by atoms with E-state index in [0.29, 0.717) is 0 Å². The molecule has 1 aromatic rings. The van der Waals surface area contributed by atoms with Crippen molar-refractivity contribution in [2.24, 2.45) is 23.7 Å². The standard InChI is InChI=1S/C24H38O/c1-4-16-25-23-13-11-21(12-14-23)20-7-9-22(10-8-20)24-15-6-19(5-2)17-18(24)3/h11-14,18-20,22,24H,4-10,15-17H2,1-3H3. The summed E-state index contributed by atoms with van der Waals surface area (Å²) in [5, 5.41) is 0. The van der Waals surface area contributed by atoms with Gasteiger partial charge in [-0.1, -0.05) is 45.7 Å². The number of rotatable bonds is 6. The van der Waals surface area contributed by atoms with Crippen molar-refractivity contribution in [1.29, 1.82) is 0 Å². The molecular formula is C24H38O. The minimum absolute atomic E-state index is 0.777. The minimum atomic E-state index is 0.777. The van der Waals surface area contributed by atoms with E-state index in [0.717, 1.165) is 48.4 Å². The summed E-state index contributed by atoms with van der Waals surface area (Å²) in [5.41, 5.74) is 1.53. The predicted octanol–water partition coefficient (Wildman–Crippen LogP) is 7.21. The zero-order valence-corrected chi connectivity index (χ0v) is 16.7. The predicted molar refractivity (Wildman–Crippen MR) is 107 cm³/mol. The fraction of sp³-hybridized carbons (Fsp3) is 0.750. The van der Waals surface area contributed by atoms with Gasteiger partial charge in [-0.25, -0.2) is 0 Å². The Kier molecular flexibility index (Phi) is 6.84. The first kappa shape index (κ1) is 18.8. The van der Waals surface area contributed by atoms with E-state index in [4.69, 9.17) is 4.74 Å². The Morgan fingerprint density at radius 3 is 2.24 bits per heavy atom. The van der Waals surface area contributed by atoms with E-state index in [2.05, 4.69) is 45.0 Å². The van der Waals surface area contributed by atoms with Gasteiger partial charge < -0.3 is 4.74 Å². The second-order valence-electron chi connectivity index (χ2n) is 8.76. The van der Waals surface area contributed by atoms with Crippen LogP contribution in [0.1, 0.15) is 90.0 Å². The first-order valence-electron chi connectivity index (χ1n) is 10.9. The summed E-state index contributed by atoms with van der Waals surface area (Å²) < 4.78 is 5.72. The van der Waals surface area contributed by atoms with E-state index >= 15 is 0 Å². The van der Waals surface area contributed by atoms with Gasteiger partial charge in [-0.15, -0.1) is 0 Å². The topological polar surface area (TPSA) is 9.23 Å². The van der Waals surface area contributed by atoms with E-state index in [1.807, 2.05) is 0 Å². The molecule has 3 atom stereocenters. The molecule has 3 unspecified atom stereocenters. The molecule has 2 fully saturated rings. The van der Waals surface area contributed by atoms with Crippen LogP contribution < -0.4 is 4.74 Å². The summed E-state index contributed by atoms with van der Waals surface area (Å²) in [6.45, 7) is 7.89. The van der Waals surface area contributed by atoms with Gasteiger partial charge in [0.25, 0.3) is 0 Å². The van der Waals surface area contributed by atoms with Crippen molar-refractivity contribution in [3.63, 3.8) is 0 Å².